The highest BCUT2D eigenvalue weighted by atomic mass is 32.2. The lowest BCUT2D eigenvalue weighted by Crippen LogP contribution is -2.45. The van der Waals surface area contributed by atoms with Gasteiger partial charge < -0.3 is 15.4 Å². The number of hydrogen-bond acceptors (Lipinski definition) is 6. The number of rotatable bonds is 8. The number of carbonyl (C=O) groups is 3. The third-order valence-corrected chi connectivity index (χ3v) is 7.56. The van der Waals surface area contributed by atoms with Gasteiger partial charge in [-0.05, 0) is 53.8 Å². The molecule has 1 aromatic heterocycles. The summed E-state index contributed by atoms with van der Waals surface area (Å²) in [7, 11) is 0. The molecule has 0 radical (unpaired) electrons. The van der Waals surface area contributed by atoms with Crippen LogP contribution in [0, 0.1) is 0 Å². The Morgan fingerprint density at radius 2 is 1.68 bits per heavy atom. The Morgan fingerprint density at radius 1 is 0.946 bits per heavy atom. The van der Waals surface area contributed by atoms with Crippen molar-refractivity contribution in [1.82, 2.24) is 15.2 Å². The molecule has 190 valence electrons. The molecule has 1 aliphatic heterocycles. The molecular formula is C28H28N4O4S. The van der Waals surface area contributed by atoms with Crippen LogP contribution in [0.2, 0.25) is 0 Å². The monoisotopic (exact) mass is 516 g/mol. The lowest BCUT2D eigenvalue weighted by molar-refractivity contribution is -0.121. The number of nitrogens with one attached hydrogen (secondary N) is 2. The zero-order chi connectivity index (χ0) is 25.6. The number of thioether (sulfide) groups is 1. The van der Waals surface area contributed by atoms with Crippen LogP contribution < -0.4 is 10.6 Å². The van der Waals surface area contributed by atoms with E-state index >= 15 is 0 Å². The minimum Gasteiger partial charge on any atom is -0.444 e. The molecule has 9 heteroatoms. The average molecular weight is 517 g/mol. The fraction of sp³-hybridized carbons (Fsp3) is 0.286. The molecule has 2 aromatic carbocycles. The van der Waals surface area contributed by atoms with E-state index in [4.69, 9.17) is 4.74 Å². The lowest BCUT2D eigenvalue weighted by Gasteiger charge is -2.28. The van der Waals surface area contributed by atoms with Gasteiger partial charge in [0.05, 0.1) is 6.42 Å². The van der Waals surface area contributed by atoms with Gasteiger partial charge in [-0.3, -0.25) is 19.5 Å². The molecule has 2 aliphatic rings. The number of hydrogen-bond donors (Lipinski definition) is 2. The number of nitrogens with zero attached hydrogens (tertiary/aromatic N) is 2. The highest BCUT2D eigenvalue weighted by Crippen LogP contribution is 2.42. The minimum absolute atomic E-state index is 0.00840. The summed E-state index contributed by atoms with van der Waals surface area (Å²) in [5.41, 5.74) is 3.22. The topological polar surface area (TPSA) is 101 Å². The van der Waals surface area contributed by atoms with E-state index in [0.29, 0.717) is 23.9 Å². The average Bonchev–Trinajstić information content (AvgIpc) is 3.62. The second-order valence-corrected chi connectivity index (χ2v) is 10.2. The molecule has 3 aromatic rings. The minimum atomic E-state index is -0.713. The summed E-state index contributed by atoms with van der Waals surface area (Å²) in [5.74, 6) is 0.146. The van der Waals surface area contributed by atoms with Crippen molar-refractivity contribution in [2.45, 2.75) is 43.3 Å². The van der Waals surface area contributed by atoms with Gasteiger partial charge in [-0.25, -0.2) is 4.79 Å². The van der Waals surface area contributed by atoms with E-state index in [2.05, 4.69) is 15.6 Å². The number of pyridine rings is 1. The van der Waals surface area contributed by atoms with Gasteiger partial charge in [0, 0.05) is 29.9 Å². The number of benzene rings is 2. The summed E-state index contributed by atoms with van der Waals surface area (Å²) in [4.78, 5) is 44.2. The summed E-state index contributed by atoms with van der Waals surface area (Å²) in [6, 6.07) is 19.9. The fourth-order valence-electron chi connectivity index (χ4n) is 4.13. The van der Waals surface area contributed by atoms with Gasteiger partial charge >= 0.3 is 6.09 Å². The Balaban J connectivity index is 1.26. The molecule has 2 heterocycles. The van der Waals surface area contributed by atoms with Crippen LogP contribution in [0.1, 0.15) is 34.9 Å². The third-order valence-electron chi connectivity index (χ3n) is 6.24. The Labute approximate surface area is 219 Å². The van der Waals surface area contributed by atoms with E-state index in [0.717, 1.165) is 29.5 Å². The largest absolute Gasteiger partial charge is 0.444 e. The van der Waals surface area contributed by atoms with Crippen molar-refractivity contribution in [3.63, 3.8) is 0 Å². The highest BCUT2D eigenvalue weighted by molar-refractivity contribution is 7.99. The normalized spacial score (nSPS) is 18.8. The Bertz CT molecular complexity index is 1240. The molecule has 2 N–H and O–H groups in total. The zero-order valence-electron chi connectivity index (χ0n) is 20.2. The van der Waals surface area contributed by atoms with Gasteiger partial charge in [-0.2, -0.15) is 0 Å². The standard InChI is InChI=1S/C28H28N4O4S/c33-25(30-22-10-11-22)16-19-6-8-23(9-7-19)31-26(34)24-18-37-27(21-12-14-29-15-13-21)32(24)28(35)36-17-20-4-2-1-3-5-20/h1-9,12-15,22,24,27H,10-11,16-18H2,(H,30,33)(H,31,34)/t24-,27?/m0/s1. The Hall–Kier alpha value is -3.85. The first-order chi connectivity index (χ1) is 18.1. The van der Waals surface area contributed by atoms with Gasteiger partial charge in [0.1, 0.15) is 18.0 Å². The number of ether oxygens (including phenoxy) is 1. The highest BCUT2D eigenvalue weighted by Gasteiger charge is 2.43. The van der Waals surface area contributed by atoms with Gasteiger partial charge in [0.2, 0.25) is 11.8 Å². The smallest absolute Gasteiger partial charge is 0.412 e. The molecule has 2 fully saturated rings. The van der Waals surface area contributed by atoms with E-state index in [1.54, 1.807) is 24.5 Å². The molecular weight excluding hydrogens is 488 g/mol. The van der Waals surface area contributed by atoms with E-state index in [9.17, 15) is 14.4 Å². The first-order valence-electron chi connectivity index (χ1n) is 12.3. The SMILES string of the molecule is O=C(Cc1ccc(NC(=O)[C@@H]2CSC(c3ccncc3)N2C(=O)OCc2ccccc2)cc1)NC1CC1. The molecule has 1 saturated heterocycles. The van der Waals surface area contributed by atoms with Crippen LogP contribution >= 0.6 is 11.8 Å². The van der Waals surface area contributed by atoms with E-state index < -0.39 is 12.1 Å². The van der Waals surface area contributed by atoms with Crippen molar-refractivity contribution in [2.24, 2.45) is 0 Å². The van der Waals surface area contributed by atoms with Crippen LogP contribution in [0.4, 0.5) is 10.5 Å². The predicted molar refractivity (Wildman–Crippen MR) is 142 cm³/mol. The Morgan fingerprint density at radius 3 is 2.38 bits per heavy atom. The van der Waals surface area contributed by atoms with Crippen molar-refractivity contribution in [1.29, 1.82) is 0 Å². The van der Waals surface area contributed by atoms with Gasteiger partial charge in [-0.1, -0.05) is 42.5 Å². The maximum atomic E-state index is 13.3. The van der Waals surface area contributed by atoms with Crippen molar-refractivity contribution >= 4 is 35.4 Å². The molecule has 5 rings (SSSR count). The molecule has 3 amide bonds. The maximum Gasteiger partial charge on any atom is 0.412 e. The lowest BCUT2D eigenvalue weighted by atomic mass is 10.1. The van der Waals surface area contributed by atoms with Crippen molar-refractivity contribution in [2.75, 3.05) is 11.1 Å². The molecule has 2 atom stereocenters. The van der Waals surface area contributed by atoms with E-state index in [1.807, 2.05) is 54.6 Å². The number of amides is 3. The molecule has 1 saturated carbocycles. The second kappa shape index (κ2) is 11.5. The summed E-state index contributed by atoms with van der Waals surface area (Å²) in [6.07, 6.45) is 5.20. The molecule has 0 spiro atoms. The quantitative estimate of drug-likeness (QED) is 0.463. The third kappa shape index (κ3) is 6.48. The first kappa shape index (κ1) is 24.8. The second-order valence-electron chi connectivity index (χ2n) is 9.13. The van der Waals surface area contributed by atoms with E-state index in [1.165, 1.54) is 16.7 Å². The van der Waals surface area contributed by atoms with Crippen molar-refractivity contribution < 1.29 is 19.1 Å². The van der Waals surface area contributed by atoms with Crippen LogP contribution in [0.3, 0.4) is 0 Å². The number of carbonyl (C=O) groups excluding carboxylic acids is 3. The van der Waals surface area contributed by atoms with Crippen LogP contribution in [0.5, 0.6) is 0 Å². The summed E-state index contributed by atoms with van der Waals surface area (Å²) < 4.78 is 5.62. The van der Waals surface area contributed by atoms with Gasteiger partial charge in [-0.15, -0.1) is 11.8 Å². The molecule has 1 aliphatic carbocycles. The molecule has 8 nitrogen and oxygen atoms in total. The van der Waals surface area contributed by atoms with Crippen LogP contribution in [0.25, 0.3) is 0 Å². The van der Waals surface area contributed by atoms with Gasteiger partial charge in [0.25, 0.3) is 0 Å². The van der Waals surface area contributed by atoms with Gasteiger partial charge in [0.15, 0.2) is 0 Å². The zero-order valence-corrected chi connectivity index (χ0v) is 21.0. The van der Waals surface area contributed by atoms with Crippen LogP contribution in [-0.4, -0.2) is 45.6 Å². The first-order valence-corrected chi connectivity index (χ1v) is 13.3. The summed E-state index contributed by atoms with van der Waals surface area (Å²) >= 11 is 1.51. The number of anilines is 1. The Kier molecular flexibility index (Phi) is 7.70. The number of aromatic nitrogens is 1. The predicted octanol–water partition coefficient (Wildman–Crippen LogP) is 4.29. The summed E-state index contributed by atoms with van der Waals surface area (Å²) in [5, 5.41) is 5.53. The molecule has 37 heavy (non-hydrogen) atoms. The van der Waals surface area contributed by atoms with Crippen molar-refractivity contribution in [3.05, 3.63) is 95.8 Å². The molecule has 0 bridgehead atoms. The van der Waals surface area contributed by atoms with Crippen molar-refractivity contribution in [3.8, 4) is 0 Å². The molecule has 1 unspecified atom stereocenters. The van der Waals surface area contributed by atoms with Crippen LogP contribution in [-0.2, 0) is 27.4 Å². The maximum absolute atomic E-state index is 13.3. The summed E-state index contributed by atoms with van der Waals surface area (Å²) in [6.45, 7) is 0.119. The fourth-order valence-corrected chi connectivity index (χ4v) is 5.55. The van der Waals surface area contributed by atoms with Crippen LogP contribution in [0.15, 0.2) is 79.1 Å². The van der Waals surface area contributed by atoms with E-state index in [-0.39, 0.29) is 23.8 Å².